The van der Waals surface area contributed by atoms with Crippen molar-refractivity contribution in [2.24, 2.45) is 0 Å². The molecule has 4 rings (SSSR count). The van der Waals surface area contributed by atoms with Gasteiger partial charge in [0.2, 0.25) is 5.76 Å². The number of benzene rings is 3. The Bertz CT molecular complexity index is 1140. The monoisotopic (exact) mass is 418 g/mol. The van der Waals surface area contributed by atoms with E-state index in [0.717, 1.165) is 11.3 Å². The highest BCUT2D eigenvalue weighted by molar-refractivity contribution is 6.33. The van der Waals surface area contributed by atoms with Crippen LogP contribution < -0.4 is 9.64 Å². The van der Waals surface area contributed by atoms with Gasteiger partial charge in [-0.2, -0.15) is 0 Å². The molecule has 6 heteroatoms. The van der Waals surface area contributed by atoms with Gasteiger partial charge in [0.25, 0.3) is 5.91 Å². The Hall–Kier alpha value is -3.57. The summed E-state index contributed by atoms with van der Waals surface area (Å²) in [4.78, 5) is 15.0. The molecule has 0 N–H and O–H groups in total. The van der Waals surface area contributed by atoms with Crippen molar-refractivity contribution >= 4 is 23.2 Å². The minimum Gasteiger partial charge on any atom is -0.497 e. The average Bonchev–Trinajstić information content (AvgIpc) is 3.28. The fourth-order valence-corrected chi connectivity index (χ4v) is 3.35. The Kier molecular flexibility index (Phi) is 5.82. The zero-order chi connectivity index (χ0) is 20.9. The third-order valence-electron chi connectivity index (χ3n) is 4.68. The summed E-state index contributed by atoms with van der Waals surface area (Å²) in [5.41, 5.74) is 2.94. The molecular weight excluding hydrogens is 400 g/mol. The van der Waals surface area contributed by atoms with Crippen LogP contribution in [-0.4, -0.2) is 18.2 Å². The van der Waals surface area contributed by atoms with E-state index in [4.69, 9.17) is 20.9 Å². The highest BCUT2D eigenvalue weighted by atomic mass is 35.5. The normalized spacial score (nSPS) is 10.6. The van der Waals surface area contributed by atoms with Crippen molar-refractivity contribution in [1.29, 1.82) is 0 Å². The molecule has 0 bridgehead atoms. The van der Waals surface area contributed by atoms with E-state index < -0.39 is 0 Å². The van der Waals surface area contributed by atoms with Crippen molar-refractivity contribution in [3.8, 4) is 17.0 Å². The summed E-state index contributed by atoms with van der Waals surface area (Å²) >= 11 is 6.25. The van der Waals surface area contributed by atoms with Crippen molar-refractivity contribution in [2.75, 3.05) is 12.0 Å². The third kappa shape index (κ3) is 4.21. The largest absolute Gasteiger partial charge is 0.497 e. The van der Waals surface area contributed by atoms with E-state index >= 15 is 0 Å². The van der Waals surface area contributed by atoms with Gasteiger partial charge in [-0.15, -0.1) is 0 Å². The van der Waals surface area contributed by atoms with Crippen LogP contribution in [0, 0.1) is 0 Å². The summed E-state index contributed by atoms with van der Waals surface area (Å²) in [6, 6.07) is 26.0. The van der Waals surface area contributed by atoms with Gasteiger partial charge in [-0.25, -0.2) is 0 Å². The topological polar surface area (TPSA) is 55.6 Å². The molecule has 0 aliphatic heterocycles. The maximum atomic E-state index is 13.4. The fraction of sp³-hybridized carbons (Fsp3) is 0.0833. The summed E-state index contributed by atoms with van der Waals surface area (Å²) in [5, 5.41) is 4.59. The van der Waals surface area contributed by atoms with Gasteiger partial charge in [0.1, 0.15) is 11.4 Å². The van der Waals surface area contributed by atoms with E-state index in [2.05, 4.69) is 5.16 Å². The summed E-state index contributed by atoms with van der Waals surface area (Å²) in [5.74, 6) is 0.554. The quantitative estimate of drug-likeness (QED) is 0.394. The maximum Gasteiger partial charge on any atom is 0.297 e. The lowest BCUT2D eigenvalue weighted by Crippen LogP contribution is -2.30. The molecule has 1 amide bonds. The summed E-state index contributed by atoms with van der Waals surface area (Å²) in [6.45, 7) is 0.383. The molecule has 150 valence electrons. The van der Waals surface area contributed by atoms with E-state index in [1.54, 1.807) is 24.1 Å². The molecule has 0 unspecified atom stereocenters. The lowest BCUT2D eigenvalue weighted by Gasteiger charge is -2.22. The number of carbonyl (C=O) groups excluding carboxylic acids is 1. The molecule has 30 heavy (non-hydrogen) atoms. The predicted molar refractivity (Wildman–Crippen MR) is 117 cm³/mol. The molecule has 0 saturated carbocycles. The van der Waals surface area contributed by atoms with Crippen LogP contribution in [0.25, 0.3) is 11.3 Å². The second kappa shape index (κ2) is 8.84. The van der Waals surface area contributed by atoms with Gasteiger partial charge in [0, 0.05) is 17.3 Å². The Labute approximate surface area is 179 Å². The standard InChI is InChI=1S/C24H19ClN2O3/c1-29-19-13-11-18(12-14-19)27(16-17-7-3-2-4-8-17)24(28)23-15-22(26-30-23)20-9-5-6-10-21(20)25/h2-15H,16H2,1H3. The zero-order valence-electron chi connectivity index (χ0n) is 16.3. The number of methoxy groups -OCH3 is 1. The van der Waals surface area contributed by atoms with Gasteiger partial charge in [-0.1, -0.05) is 65.3 Å². The van der Waals surface area contributed by atoms with E-state index in [-0.39, 0.29) is 11.7 Å². The van der Waals surface area contributed by atoms with E-state index in [9.17, 15) is 4.79 Å². The SMILES string of the molecule is COc1ccc(N(Cc2ccccc2)C(=O)c2cc(-c3ccccc3Cl)no2)cc1. The first-order valence-corrected chi connectivity index (χ1v) is 9.75. The first-order valence-electron chi connectivity index (χ1n) is 9.37. The van der Waals surface area contributed by atoms with E-state index in [1.807, 2.05) is 72.8 Å². The maximum absolute atomic E-state index is 13.4. The average molecular weight is 419 g/mol. The smallest absolute Gasteiger partial charge is 0.297 e. The van der Waals surface area contributed by atoms with Crippen LogP contribution in [0.4, 0.5) is 5.69 Å². The highest BCUT2D eigenvalue weighted by Crippen LogP contribution is 2.29. The number of amides is 1. The number of rotatable bonds is 6. The third-order valence-corrected chi connectivity index (χ3v) is 5.01. The molecule has 3 aromatic carbocycles. The Morgan fingerprint density at radius 3 is 2.40 bits per heavy atom. The van der Waals surface area contributed by atoms with Gasteiger partial charge in [-0.05, 0) is 35.9 Å². The second-order valence-electron chi connectivity index (χ2n) is 6.63. The Morgan fingerprint density at radius 2 is 1.70 bits per heavy atom. The van der Waals surface area contributed by atoms with Gasteiger partial charge in [0.05, 0.1) is 18.7 Å². The molecule has 0 radical (unpaired) electrons. The first kappa shape index (κ1) is 19.7. The van der Waals surface area contributed by atoms with Crippen LogP contribution >= 0.6 is 11.6 Å². The van der Waals surface area contributed by atoms with Crippen molar-refractivity contribution in [3.63, 3.8) is 0 Å². The molecule has 0 saturated heterocycles. The lowest BCUT2D eigenvalue weighted by molar-refractivity contribution is 0.0949. The van der Waals surface area contributed by atoms with Gasteiger partial charge in [0.15, 0.2) is 0 Å². The number of anilines is 1. The van der Waals surface area contributed by atoms with Crippen LogP contribution in [0.1, 0.15) is 16.1 Å². The van der Waals surface area contributed by atoms with Crippen LogP contribution in [0.5, 0.6) is 5.75 Å². The number of ether oxygens (including phenoxy) is 1. The molecule has 4 aromatic rings. The van der Waals surface area contributed by atoms with Crippen molar-refractivity contribution < 1.29 is 14.1 Å². The van der Waals surface area contributed by atoms with Crippen LogP contribution in [0.3, 0.4) is 0 Å². The van der Waals surface area contributed by atoms with Gasteiger partial charge >= 0.3 is 0 Å². The van der Waals surface area contributed by atoms with E-state index in [1.165, 1.54) is 0 Å². The number of carbonyl (C=O) groups is 1. The van der Waals surface area contributed by atoms with Crippen LogP contribution in [-0.2, 0) is 6.54 Å². The Balaban J connectivity index is 1.67. The Morgan fingerprint density at radius 1 is 1.00 bits per heavy atom. The van der Waals surface area contributed by atoms with Crippen molar-refractivity contribution in [1.82, 2.24) is 5.16 Å². The van der Waals surface area contributed by atoms with Crippen molar-refractivity contribution in [2.45, 2.75) is 6.54 Å². The van der Waals surface area contributed by atoms with Gasteiger partial charge in [-0.3, -0.25) is 4.79 Å². The fourth-order valence-electron chi connectivity index (χ4n) is 3.11. The summed E-state index contributed by atoms with van der Waals surface area (Å²) in [6.07, 6.45) is 0. The molecular formula is C24H19ClN2O3. The number of halogens is 1. The summed E-state index contributed by atoms with van der Waals surface area (Å²) < 4.78 is 10.6. The predicted octanol–water partition coefficient (Wildman–Crippen LogP) is 5.85. The van der Waals surface area contributed by atoms with Crippen molar-refractivity contribution in [3.05, 3.63) is 101 Å². The molecule has 0 aliphatic rings. The number of hydrogen-bond donors (Lipinski definition) is 0. The minimum atomic E-state index is -0.296. The molecule has 0 atom stereocenters. The summed E-state index contributed by atoms with van der Waals surface area (Å²) in [7, 11) is 1.60. The molecule has 1 heterocycles. The zero-order valence-corrected chi connectivity index (χ0v) is 17.0. The number of aromatic nitrogens is 1. The number of nitrogens with zero attached hydrogens (tertiary/aromatic N) is 2. The molecule has 0 spiro atoms. The molecule has 5 nitrogen and oxygen atoms in total. The van der Waals surface area contributed by atoms with E-state index in [0.29, 0.717) is 28.6 Å². The van der Waals surface area contributed by atoms with Crippen LogP contribution in [0.15, 0.2) is 89.5 Å². The second-order valence-corrected chi connectivity index (χ2v) is 7.04. The first-order chi connectivity index (χ1) is 14.7. The lowest BCUT2D eigenvalue weighted by atomic mass is 10.1. The van der Waals surface area contributed by atoms with Gasteiger partial charge < -0.3 is 14.2 Å². The molecule has 0 aliphatic carbocycles. The minimum absolute atomic E-state index is 0.136. The molecule has 0 fully saturated rings. The highest BCUT2D eigenvalue weighted by Gasteiger charge is 2.23. The number of hydrogen-bond acceptors (Lipinski definition) is 4. The molecule has 1 aromatic heterocycles. The van der Waals surface area contributed by atoms with Crippen LogP contribution in [0.2, 0.25) is 5.02 Å².